The molecule has 0 amide bonds. The van der Waals surface area contributed by atoms with E-state index in [-0.39, 0.29) is 0 Å². The van der Waals surface area contributed by atoms with Gasteiger partial charge < -0.3 is 5.32 Å². The molecule has 1 rings (SSSR count). The summed E-state index contributed by atoms with van der Waals surface area (Å²) in [5, 5.41) is 6.98. The lowest BCUT2D eigenvalue weighted by atomic mass is 10.2. The molecule has 92 valence electrons. The van der Waals surface area contributed by atoms with Gasteiger partial charge in [-0.3, -0.25) is 0 Å². The second-order valence-corrected chi connectivity index (χ2v) is 6.47. The molecule has 0 aliphatic carbocycles. The maximum Gasteiger partial charge on any atom is 0.110 e. The average molecular weight is 258 g/mol. The van der Waals surface area contributed by atoms with Crippen LogP contribution in [0.25, 0.3) is 0 Å². The molecule has 4 heteroatoms. The van der Waals surface area contributed by atoms with Crippen LogP contribution in [0.4, 0.5) is 0 Å². The number of hydrogen-bond acceptors (Lipinski definition) is 4. The molecule has 0 radical (unpaired) electrons. The second-order valence-electron chi connectivity index (χ2n) is 4.19. The van der Waals surface area contributed by atoms with E-state index in [0.29, 0.717) is 12.1 Å². The van der Waals surface area contributed by atoms with Gasteiger partial charge in [0.25, 0.3) is 0 Å². The van der Waals surface area contributed by atoms with Crippen molar-refractivity contribution < 1.29 is 0 Å². The zero-order chi connectivity index (χ0) is 12.0. The van der Waals surface area contributed by atoms with Crippen molar-refractivity contribution in [3.05, 3.63) is 16.1 Å². The maximum atomic E-state index is 4.59. The van der Waals surface area contributed by atoms with Gasteiger partial charge in [-0.2, -0.15) is 11.8 Å². The van der Waals surface area contributed by atoms with Gasteiger partial charge in [-0.1, -0.05) is 20.8 Å². The van der Waals surface area contributed by atoms with Crippen molar-refractivity contribution in [2.24, 2.45) is 0 Å². The summed E-state index contributed by atoms with van der Waals surface area (Å²) in [6.45, 7) is 8.66. The normalized spacial score (nSPS) is 13.3. The van der Waals surface area contributed by atoms with Crippen molar-refractivity contribution in [1.82, 2.24) is 10.3 Å². The summed E-state index contributed by atoms with van der Waals surface area (Å²) < 4.78 is 0. The van der Waals surface area contributed by atoms with Crippen LogP contribution in [0.15, 0.2) is 5.38 Å². The van der Waals surface area contributed by atoms with E-state index in [2.05, 4.69) is 43.4 Å². The minimum atomic E-state index is 0.428. The van der Waals surface area contributed by atoms with Crippen molar-refractivity contribution in [3.63, 3.8) is 0 Å². The van der Waals surface area contributed by atoms with Gasteiger partial charge in [0, 0.05) is 17.1 Å². The molecule has 1 aromatic heterocycles. The van der Waals surface area contributed by atoms with Crippen molar-refractivity contribution in [2.75, 3.05) is 11.5 Å². The Balaban J connectivity index is 2.56. The molecule has 0 saturated carbocycles. The Labute approximate surface area is 107 Å². The van der Waals surface area contributed by atoms with Crippen molar-refractivity contribution in [1.29, 1.82) is 0 Å². The number of aryl methyl sites for hydroxylation is 1. The molecule has 0 fully saturated rings. The molecule has 0 saturated heterocycles. The van der Waals surface area contributed by atoms with Crippen LogP contribution in [-0.4, -0.2) is 22.5 Å². The van der Waals surface area contributed by atoms with Gasteiger partial charge in [-0.05, 0) is 24.9 Å². The fourth-order valence-electron chi connectivity index (χ4n) is 1.56. The van der Waals surface area contributed by atoms with E-state index in [0.717, 1.165) is 5.69 Å². The molecule has 0 aromatic carbocycles. The van der Waals surface area contributed by atoms with E-state index >= 15 is 0 Å². The van der Waals surface area contributed by atoms with Crippen LogP contribution in [0.5, 0.6) is 0 Å². The third-order valence-corrected chi connectivity index (χ3v) is 4.23. The lowest BCUT2D eigenvalue weighted by Gasteiger charge is -2.19. The summed E-state index contributed by atoms with van der Waals surface area (Å²) in [7, 11) is 0. The Hall–Kier alpha value is -0.0600. The molecule has 1 heterocycles. The summed E-state index contributed by atoms with van der Waals surface area (Å²) in [4.78, 5) is 4.59. The Morgan fingerprint density at radius 2 is 2.25 bits per heavy atom. The summed E-state index contributed by atoms with van der Waals surface area (Å²) in [5.74, 6) is 2.41. The van der Waals surface area contributed by atoms with E-state index in [1.165, 1.54) is 22.9 Å². The first-order valence-corrected chi connectivity index (χ1v) is 7.92. The maximum absolute atomic E-state index is 4.59. The van der Waals surface area contributed by atoms with Gasteiger partial charge >= 0.3 is 0 Å². The van der Waals surface area contributed by atoms with Gasteiger partial charge in [-0.25, -0.2) is 4.98 Å². The largest absolute Gasteiger partial charge is 0.306 e. The number of rotatable bonds is 7. The smallest absolute Gasteiger partial charge is 0.110 e. The minimum Gasteiger partial charge on any atom is -0.306 e. The molecule has 1 aromatic rings. The standard InChI is InChI=1S/C12H22N2S2/c1-5-15-7-6-11(13-9(2)3)12-14-10(4)8-16-12/h8-9,11,13H,5-7H2,1-4H3. The van der Waals surface area contributed by atoms with E-state index < -0.39 is 0 Å². The van der Waals surface area contributed by atoms with Crippen LogP contribution >= 0.6 is 23.1 Å². The third kappa shape index (κ3) is 4.85. The Kier molecular flexibility index (Phi) is 6.39. The van der Waals surface area contributed by atoms with E-state index in [1.54, 1.807) is 11.3 Å². The van der Waals surface area contributed by atoms with Crippen LogP contribution in [0.1, 0.15) is 43.9 Å². The molecule has 2 nitrogen and oxygen atoms in total. The predicted molar refractivity (Wildman–Crippen MR) is 75.5 cm³/mol. The lowest BCUT2D eigenvalue weighted by molar-refractivity contribution is 0.467. The van der Waals surface area contributed by atoms with Crippen LogP contribution in [-0.2, 0) is 0 Å². The highest BCUT2D eigenvalue weighted by Gasteiger charge is 2.15. The highest BCUT2D eigenvalue weighted by Crippen LogP contribution is 2.23. The van der Waals surface area contributed by atoms with E-state index in [1.807, 2.05) is 11.8 Å². The molecule has 0 spiro atoms. The Morgan fingerprint density at radius 1 is 1.50 bits per heavy atom. The van der Waals surface area contributed by atoms with Crippen LogP contribution < -0.4 is 5.32 Å². The topological polar surface area (TPSA) is 24.9 Å². The molecule has 1 N–H and O–H groups in total. The number of hydrogen-bond donors (Lipinski definition) is 1. The Morgan fingerprint density at radius 3 is 2.75 bits per heavy atom. The SMILES string of the molecule is CCSCCC(NC(C)C)c1nc(C)cs1. The molecule has 1 atom stereocenters. The monoisotopic (exact) mass is 258 g/mol. The number of aromatic nitrogens is 1. The first kappa shape index (κ1) is 14.0. The van der Waals surface area contributed by atoms with E-state index in [4.69, 9.17) is 0 Å². The molecule has 0 aliphatic heterocycles. The summed E-state index contributed by atoms with van der Waals surface area (Å²) in [5.41, 5.74) is 1.14. The van der Waals surface area contributed by atoms with Gasteiger partial charge in [-0.15, -0.1) is 11.3 Å². The van der Waals surface area contributed by atoms with Gasteiger partial charge in [0.15, 0.2) is 0 Å². The summed E-state index contributed by atoms with van der Waals surface area (Å²) >= 11 is 3.78. The number of nitrogens with one attached hydrogen (secondary N) is 1. The first-order valence-electron chi connectivity index (χ1n) is 5.89. The highest BCUT2D eigenvalue weighted by molar-refractivity contribution is 7.99. The predicted octanol–water partition coefficient (Wildman–Crippen LogP) is 3.63. The molecule has 16 heavy (non-hydrogen) atoms. The molecular formula is C12H22N2S2. The van der Waals surface area contributed by atoms with Gasteiger partial charge in [0.1, 0.15) is 5.01 Å². The zero-order valence-corrected chi connectivity index (χ0v) is 12.3. The van der Waals surface area contributed by atoms with Crippen molar-refractivity contribution in [3.8, 4) is 0 Å². The molecule has 0 aliphatic rings. The number of nitrogens with zero attached hydrogens (tertiary/aromatic N) is 1. The van der Waals surface area contributed by atoms with Crippen molar-refractivity contribution >= 4 is 23.1 Å². The molecule has 1 unspecified atom stereocenters. The van der Waals surface area contributed by atoms with Crippen LogP contribution in [0, 0.1) is 6.92 Å². The molecule has 0 bridgehead atoms. The number of thioether (sulfide) groups is 1. The van der Waals surface area contributed by atoms with Crippen molar-refractivity contribution in [2.45, 2.75) is 46.2 Å². The number of thiazole rings is 1. The average Bonchev–Trinajstić information content (AvgIpc) is 2.63. The molecular weight excluding hydrogens is 236 g/mol. The van der Waals surface area contributed by atoms with Crippen LogP contribution in [0.2, 0.25) is 0 Å². The zero-order valence-electron chi connectivity index (χ0n) is 10.6. The van der Waals surface area contributed by atoms with Crippen LogP contribution in [0.3, 0.4) is 0 Å². The second kappa shape index (κ2) is 7.30. The highest BCUT2D eigenvalue weighted by atomic mass is 32.2. The van der Waals surface area contributed by atoms with E-state index in [9.17, 15) is 0 Å². The Bertz CT molecular complexity index is 297. The van der Waals surface area contributed by atoms with Gasteiger partial charge in [0.05, 0.1) is 6.04 Å². The minimum absolute atomic E-state index is 0.428. The van der Waals surface area contributed by atoms with Gasteiger partial charge in [0.2, 0.25) is 0 Å². The quantitative estimate of drug-likeness (QED) is 0.756. The first-order chi connectivity index (χ1) is 7.63. The third-order valence-electron chi connectivity index (χ3n) is 2.22. The summed E-state index contributed by atoms with van der Waals surface area (Å²) in [6, 6.07) is 0.943. The summed E-state index contributed by atoms with van der Waals surface area (Å²) in [6.07, 6.45) is 1.17. The lowest BCUT2D eigenvalue weighted by Crippen LogP contribution is -2.28. The fourth-order valence-corrected chi connectivity index (χ4v) is 3.14. The fraction of sp³-hybridized carbons (Fsp3) is 0.750.